The zero-order valence-electron chi connectivity index (χ0n) is 10.8. The summed E-state index contributed by atoms with van der Waals surface area (Å²) in [4.78, 5) is 12.8. The van der Waals surface area contributed by atoms with Gasteiger partial charge in [0.1, 0.15) is 0 Å². The number of carboxylic acids is 1. The number of halogens is 3. The molecule has 2 aliphatic carbocycles. The Morgan fingerprint density at radius 3 is 1.89 bits per heavy atom. The van der Waals surface area contributed by atoms with Crippen molar-refractivity contribution in [2.45, 2.75) is 63.2 Å². The van der Waals surface area contributed by atoms with E-state index < -0.39 is 18.1 Å². The zero-order valence-corrected chi connectivity index (χ0v) is 10.8. The Morgan fingerprint density at radius 1 is 1.05 bits per heavy atom. The first-order chi connectivity index (χ1) is 8.88. The summed E-state index contributed by atoms with van der Waals surface area (Å²) < 4.78 is 37.8. The Morgan fingerprint density at radius 2 is 1.53 bits per heavy atom. The third-order valence-electron chi connectivity index (χ3n) is 4.23. The molecule has 0 saturated heterocycles. The van der Waals surface area contributed by atoms with Crippen LogP contribution < -0.4 is 0 Å². The fourth-order valence-corrected chi connectivity index (χ4v) is 3.03. The lowest BCUT2D eigenvalue weighted by atomic mass is 9.84. The molecule has 2 fully saturated rings. The Balaban J connectivity index is 1.85. The molecule has 2 rings (SSSR count). The number of hydrogen-bond donors (Lipinski definition) is 1. The third kappa shape index (κ3) is 4.09. The molecule has 0 atom stereocenters. The van der Waals surface area contributed by atoms with Crippen LogP contribution in [-0.2, 0) is 4.79 Å². The molecule has 19 heavy (non-hydrogen) atoms. The molecule has 0 aromatic rings. The lowest BCUT2D eigenvalue weighted by molar-refractivity contribution is -0.184. The van der Waals surface area contributed by atoms with Gasteiger partial charge in [-0.15, -0.1) is 0 Å². The van der Waals surface area contributed by atoms with Crippen LogP contribution in [0.1, 0.15) is 44.9 Å². The Kier molecular flexibility index (Phi) is 4.38. The van der Waals surface area contributed by atoms with Crippen LogP contribution >= 0.6 is 0 Å². The maximum atomic E-state index is 12.6. The van der Waals surface area contributed by atoms with Gasteiger partial charge in [-0.25, -0.2) is 0 Å². The summed E-state index contributed by atoms with van der Waals surface area (Å²) in [7, 11) is 0. The van der Waals surface area contributed by atoms with Crippen LogP contribution in [0.4, 0.5) is 13.2 Å². The van der Waals surface area contributed by atoms with E-state index >= 15 is 0 Å². The van der Waals surface area contributed by atoms with Gasteiger partial charge in [-0.2, -0.15) is 13.2 Å². The van der Waals surface area contributed by atoms with E-state index in [0.29, 0.717) is 25.4 Å². The van der Waals surface area contributed by atoms with Crippen LogP contribution in [-0.4, -0.2) is 40.8 Å². The van der Waals surface area contributed by atoms with Gasteiger partial charge in [0.15, 0.2) is 0 Å². The summed E-state index contributed by atoms with van der Waals surface area (Å²) in [5.41, 5.74) is 0. The van der Waals surface area contributed by atoms with Crippen molar-refractivity contribution in [3.05, 3.63) is 0 Å². The maximum absolute atomic E-state index is 12.6. The number of alkyl halides is 3. The lowest BCUT2D eigenvalue weighted by Gasteiger charge is -2.37. The van der Waals surface area contributed by atoms with Crippen LogP contribution in [0.5, 0.6) is 0 Å². The smallest absolute Gasteiger partial charge is 0.391 e. The van der Waals surface area contributed by atoms with E-state index in [1.807, 2.05) is 0 Å². The van der Waals surface area contributed by atoms with Gasteiger partial charge in [0.05, 0.1) is 12.3 Å². The normalized spacial score (nSPS) is 28.6. The van der Waals surface area contributed by atoms with E-state index in [9.17, 15) is 18.0 Å². The summed E-state index contributed by atoms with van der Waals surface area (Å²) in [6.45, 7) is 0.474. The molecule has 0 spiro atoms. The van der Waals surface area contributed by atoms with Crippen LogP contribution in [0.25, 0.3) is 0 Å². The molecular weight excluding hydrogens is 259 g/mol. The van der Waals surface area contributed by atoms with E-state index in [1.165, 1.54) is 0 Å². The number of carboxylic acid groups (broad SMARTS) is 1. The van der Waals surface area contributed by atoms with Gasteiger partial charge >= 0.3 is 12.1 Å². The number of aliphatic carboxylic acids is 1. The van der Waals surface area contributed by atoms with E-state index in [2.05, 4.69) is 4.90 Å². The Labute approximate surface area is 110 Å². The van der Waals surface area contributed by atoms with Crippen molar-refractivity contribution >= 4 is 5.97 Å². The monoisotopic (exact) mass is 279 g/mol. The summed E-state index contributed by atoms with van der Waals surface area (Å²) in [6, 6.07) is 0.553. The second-order valence-electron chi connectivity index (χ2n) is 5.66. The molecule has 0 aliphatic heterocycles. The molecule has 3 nitrogen and oxygen atoms in total. The number of carbonyl (C=O) groups is 1. The lowest BCUT2D eigenvalue weighted by Crippen LogP contribution is -2.42. The first-order valence-electron chi connectivity index (χ1n) is 6.92. The minimum Gasteiger partial charge on any atom is -0.481 e. The summed E-state index contributed by atoms with van der Waals surface area (Å²) in [6.07, 6.45) is -0.431. The van der Waals surface area contributed by atoms with Crippen LogP contribution in [0.3, 0.4) is 0 Å². The van der Waals surface area contributed by atoms with E-state index in [4.69, 9.17) is 5.11 Å². The van der Waals surface area contributed by atoms with Crippen molar-refractivity contribution in [1.29, 1.82) is 0 Å². The maximum Gasteiger partial charge on any atom is 0.391 e. The Bertz CT molecular complexity index is 320. The Hall–Kier alpha value is -0.780. The topological polar surface area (TPSA) is 40.5 Å². The van der Waals surface area contributed by atoms with Crippen molar-refractivity contribution in [2.75, 3.05) is 6.54 Å². The fourth-order valence-electron chi connectivity index (χ4n) is 3.03. The molecule has 0 aromatic carbocycles. The van der Waals surface area contributed by atoms with Crippen molar-refractivity contribution in [3.8, 4) is 0 Å². The first-order valence-corrected chi connectivity index (χ1v) is 6.92. The molecule has 2 aliphatic rings. The molecular formula is C13H20F3NO2. The molecule has 0 heterocycles. The predicted octanol–water partition coefficient (Wildman–Crippen LogP) is 3.05. The second-order valence-corrected chi connectivity index (χ2v) is 5.66. The summed E-state index contributed by atoms with van der Waals surface area (Å²) >= 11 is 0. The first kappa shape index (κ1) is 14.6. The average Bonchev–Trinajstić information content (AvgIpc) is 3.13. The van der Waals surface area contributed by atoms with E-state index in [1.54, 1.807) is 0 Å². The minimum atomic E-state index is -4.07. The number of rotatable bonds is 5. The van der Waals surface area contributed by atoms with Crippen LogP contribution in [0.15, 0.2) is 0 Å². The molecule has 0 unspecified atom stereocenters. The molecule has 0 aromatic heterocycles. The molecule has 0 amide bonds. The van der Waals surface area contributed by atoms with Gasteiger partial charge in [0, 0.05) is 18.6 Å². The summed E-state index contributed by atoms with van der Waals surface area (Å²) in [5.74, 6) is -2.00. The highest BCUT2D eigenvalue weighted by atomic mass is 19.4. The predicted molar refractivity (Wildman–Crippen MR) is 63.8 cm³/mol. The highest BCUT2D eigenvalue weighted by Crippen LogP contribution is 2.41. The SMILES string of the molecule is O=C(O)CCN(C1CC1)C1CCC(C(F)(F)F)CC1. The number of hydrogen-bond acceptors (Lipinski definition) is 2. The van der Waals surface area contributed by atoms with Gasteiger partial charge < -0.3 is 5.11 Å². The highest BCUT2D eigenvalue weighted by molar-refractivity contribution is 5.66. The van der Waals surface area contributed by atoms with Crippen molar-refractivity contribution < 1.29 is 23.1 Å². The molecule has 0 bridgehead atoms. The van der Waals surface area contributed by atoms with Crippen molar-refractivity contribution in [3.63, 3.8) is 0 Å². The van der Waals surface area contributed by atoms with E-state index in [0.717, 1.165) is 12.8 Å². The minimum absolute atomic E-state index is 0.0791. The van der Waals surface area contributed by atoms with Crippen LogP contribution in [0.2, 0.25) is 0 Å². The van der Waals surface area contributed by atoms with Crippen molar-refractivity contribution in [1.82, 2.24) is 4.90 Å². The largest absolute Gasteiger partial charge is 0.481 e. The molecule has 110 valence electrons. The number of nitrogens with zero attached hydrogens (tertiary/aromatic N) is 1. The molecule has 0 radical (unpaired) electrons. The van der Waals surface area contributed by atoms with Gasteiger partial charge in [-0.1, -0.05) is 0 Å². The average molecular weight is 279 g/mol. The zero-order chi connectivity index (χ0) is 14.0. The summed E-state index contributed by atoms with van der Waals surface area (Å²) in [5, 5.41) is 8.74. The van der Waals surface area contributed by atoms with Gasteiger partial charge in [-0.3, -0.25) is 9.69 Å². The molecule has 1 N–H and O–H groups in total. The van der Waals surface area contributed by atoms with Gasteiger partial charge in [0.25, 0.3) is 0 Å². The van der Waals surface area contributed by atoms with E-state index in [-0.39, 0.29) is 25.3 Å². The highest BCUT2D eigenvalue weighted by Gasteiger charge is 2.43. The fraction of sp³-hybridized carbons (Fsp3) is 0.923. The molecule has 6 heteroatoms. The molecule has 2 saturated carbocycles. The van der Waals surface area contributed by atoms with Gasteiger partial charge in [-0.05, 0) is 38.5 Å². The second kappa shape index (κ2) is 5.69. The standard InChI is InChI=1S/C13H20F3NO2/c14-13(15,16)9-1-3-10(4-2-9)17(11-5-6-11)8-7-12(18)19/h9-11H,1-8H2,(H,18,19). The third-order valence-corrected chi connectivity index (χ3v) is 4.23. The van der Waals surface area contributed by atoms with Gasteiger partial charge in [0.2, 0.25) is 0 Å². The van der Waals surface area contributed by atoms with Crippen LogP contribution in [0, 0.1) is 5.92 Å². The van der Waals surface area contributed by atoms with Crippen molar-refractivity contribution in [2.24, 2.45) is 5.92 Å². The quantitative estimate of drug-likeness (QED) is 0.841.